The predicted molar refractivity (Wildman–Crippen MR) is 94.2 cm³/mol. The summed E-state index contributed by atoms with van der Waals surface area (Å²) in [6, 6.07) is 4.06. The van der Waals surface area contributed by atoms with Crippen molar-refractivity contribution in [1.29, 1.82) is 0 Å². The zero-order valence-electron chi connectivity index (χ0n) is 14.5. The minimum Gasteiger partial charge on any atom is -0.413 e. The Bertz CT molecular complexity index is 545. The Hall–Kier alpha value is -0.328. The Balaban J connectivity index is 2.26. The van der Waals surface area contributed by atoms with E-state index in [1.165, 1.54) is 0 Å². The normalized spacial score (nSPS) is 20.0. The third kappa shape index (κ3) is 3.44. The summed E-state index contributed by atoms with van der Waals surface area (Å²) in [6.45, 7) is 15.0. The van der Waals surface area contributed by atoms with Crippen LogP contribution in [0.4, 0.5) is 0 Å². The van der Waals surface area contributed by atoms with Crippen LogP contribution in [-0.4, -0.2) is 27.4 Å². The Morgan fingerprint density at radius 2 is 1.68 bits per heavy atom. The molecule has 0 amide bonds. The molecule has 1 aromatic carbocycles. The molecule has 6 heteroatoms. The molecule has 0 N–H and O–H groups in total. The van der Waals surface area contributed by atoms with Crippen LogP contribution in [0.2, 0.25) is 18.1 Å². The summed E-state index contributed by atoms with van der Waals surface area (Å²) in [5.74, 6) is 0. The van der Waals surface area contributed by atoms with Crippen molar-refractivity contribution in [2.24, 2.45) is 0 Å². The van der Waals surface area contributed by atoms with Crippen LogP contribution < -0.4 is 5.46 Å². The lowest BCUT2D eigenvalue weighted by Gasteiger charge is -2.32. The quantitative estimate of drug-likeness (QED) is 0.783. The Kier molecular flexibility index (Phi) is 5.15. The van der Waals surface area contributed by atoms with Gasteiger partial charge in [-0.3, -0.25) is 0 Å². The number of benzene rings is 1. The molecule has 1 fully saturated rings. The zero-order valence-corrected chi connectivity index (χ0v) is 16.3. The number of halogens is 1. The summed E-state index contributed by atoms with van der Waals surface area (Å²) >= 11 is 6.52. The van der Waals surface area contributed by atoms with E-state index in [1.807, 2.05) is 19.1 Å². The van der Waals surface area contributed by atoms with E-state index in [4.69, 9.17) is 25.3 Å². The molecule has 0 spiro atoms. The second-order valence-electron chi connectivity index (χ2n) is 7.04. The summed E-state index contributed by atoms with van der Waals surface area (Å²) in [4.78, 5) is 0. The van der Waals surface area contributed by atoms with E-state index in [2.05, 4.69) is 40.8 Å². The van der Waals surface area contributed by atoms with Crippen LogP contribution in [0, 0.1) is 6.92 Å². The number of hydrogen-bond acceptors (Lipinski definition) is 3. The van der Waals surface area contributed by atoms with E-state index in [0.29, 0.717) is 6.61 Å². The van der Waals surface area contributed by atoms with Gasteiger partial charge in [-0.25, -0.2) is 0 Å². The number of hydrogen-bond donors (Lipinski definition) is 0. The first-order valence-electron chi connectivity index (χ1n) is 7.61. The average molecular weight is 340 g/mol. The SMILES string of the molecule is Cc1c(B2OC(C)(C)C(C)(C)O2)ccc(CO[Si](C)C)c1Cl. The molecule has 0 bridgehead atoms. The average Bonchev–Trinajstić information content (AvgIpc) is 2.60. The highest BCUT2D eigenvalue weighted by molar-refractivity contribution is 6.63. The molecule has 121 valence electrons. The minimum absolute atomic E-state index is 0.347. The molecule has 0 unspecified atom stereocenters. The standard InChI is InChI=1S/C16H25BClO3Si/c1-11-13(17-20-15(2,3)16(4,5)21-17)9-8-12(14(11)18)10-19-22(6)7/h8-9H,10H2,1-7H3. The Morgan fingerprint density at radius 1 is 1.14 bits per heavy atom. The topological polar surface area (TPSA) is 27.7 Å². The third-order valence-electron chi connectivity index (χ3n) is 4.53. The molecule has 3 nitrogen and oxygen atoms in total. The van der Waals surface area contributed by atoms with Crippen molar-refractivity contribution in [1.82, 2.24) is 0 Å². The van der Waals surface area contributed by atoms with Gasteiger partial charge in [-0.05, 0) is 64.3 Å². The van der Waals surface area contributed by atoms with Gasteiger partial charge in [0.15, 0.2) is 0 Å². The van der Waals surface area contributed by atoms with Crippen molar-refractivity contribution in [3.05, 3.63) is 28.3 Å². The molecule has 0 atom stereocenters. The monoisotopic (exact) mass is 339 g/mol. The highest BCUT2D eigenvalue weighted by atomic mass is 35.5. The Morgan fingerprint density at radius 3 is 2.18 bits per heavy atom. The summed E-state index contributed by atoms with van der Waals surface area (Å²) in [7, 11) is -1.11. The van der Waals surface area contributed by atoms with Gasteiger partial charge in [-0.2, -0.15) is 0 Å². The maximum Gasteiger partial charge on any atom is 0.495 e. The van der Waals surface area contributed by atoms with Gasteiger partial charge in [0.05, 0.1) is 17.8 Å². The van der Waals surface area contributed by atoms with E-state index < -0.39 is 9.04 Å². The van der Waals surface area contributed by atoms with Crippen molar-refractivity contribution < 1.29 is 13.7 Å². The fraction of sp³-hybridized carbons (Fsp3) is 0.625. The predicted octanol–water partition coefficient (Wildman–Crippen LogP) is 3.72. The smallest absolute Gasteiger partial charge is 0.413 e. The van der Waals surface area contributed by atoms with Crippen LogP contribution in [0.1, 0.15) is 38.8 Å². The van der Waals surface area contributed by atoms with Crippen molar-refractivity contribution in [2.75, 3.05) is 0 Å². The van der Waals surface area contributed by atoms with Crippen LogP contribution in [0.15, 0.2) is 12.1 Å². The molecule has 0 saturated carbocycles. The number of rotatable bonds is 4. The van der Waals surface area contributed by atoms with Gasteiger partial charge in [0.2, 0.25) is 9.04 Å². The van der Waals surface area contributed by atoms with Gasteiger partial charge in [-0.15, -0.1) is 0 Å². The maximum absolute atomic E-state index is 6.52. The van der Waals surface area contributed by atoms with E-state index in [-0.39, 0.29) is 18.3 Å². The summed E-state index contributed by atoms with van der Waals surface area (Å²) in [5, 5.41) is 0.746. The summed E-state index contributed by atoms with van der Waals surface area (Å²) in [6.07, 6.45) is 0. The molecule has 0 aliphatic carbocycles. The first-order valence-corrected chi connectivity index (χ1v) is 10.4. The van der Waals surface area contributed by atoms with Gasteiger partial charge < -0.3 is 13.7 Å². The van der Waals surface area contributed by atoms with Crippen LogP contribution in [0.25, 0.3) is 0 Å². The van der Waals surface area contributed by atoms with E-state index >= 15 is 0 Å². The van der Waals surface area contributed by atoms with Crippen molar-refractivity contribution in [2.45, 2.75) is 65.5 Å². The fourth-order valence-corrected chi connectivity index (χ4v) is 2.99. The molecular formula is C16H25BClO3Si. The highest BCUT2D eigenvalue weighted by Crippen LogP contribution is 2.37. The molecule has 0 aromatic heterocycles. The maximum atomic E-state index is 6.52. The lowest BCUT2D eigenvalue weighted by molar-refractivity contribution is 0.00578. The van der Waals surface area contributed by atoms with Crippen LogP contribution >= 0.6 is 11.6 Å². The van der Waals surface area contributed by atoms with E-state index in [9.17, 15) is 0 Å². The molecular weight excluding hydrogens is 315 g/mol. The van der Waals surface area contributed by atoms with Gasteiger partial charge in [0.25, 0.3) is 0 Å². The first-order chi connectivity index (χ1) is 10.0. The second kappa shape index (κ2) is 6.29. The Labute approximate surface area is 141 Å². The summed E-state index contributed by atoms with van der Waals surface area (Å²) in [5.41, 5.74) is 2.32. The largest absolute Gasteiger partial charge is 0.495 e. The molecule has 1 radical (unpaired) electrons. The lowest BCUT2D eigenvalue weighted by Crippen LogP contribution is -2.41. The van der Waals surface area contributed by atoms with E-state index in [1.54, 1.807) is 0 Å². The highest BCUT2D eigenvalue weighted by Gasteiger charge is 2.52. The minimum atomic E-state index is -0.725. The molecule has 22 heavy (non-hydrogen) atoms. The molecule has 1 aliphatic heterocycles. The van der Waals surface area contributed by atoms with Crippen molar-refractivity contribution in [3.63, 3.8) is 0 Å². The van der Waals surface area contributed by atoms with Gasteiger partial charge in [0, 0.05) is 5.02 Å². The second-order valence-corrected chi connectivity index (χ2v) is 9.52. The van der Waals surface area contributed by atoms with Crippen LogP contribution in [0.3, 0.4) is 0 Å². The van der Waals surface area contributed by atoms with Gasteiger partial charge in [0.1, 0.15) is 0 Å². The molecule has 1 aliphatic rings. The molecule has 1 saturated heterocycles. The summed E-state index contributed by atoms with van der Waals surface area (Å²) < 4.78 is 18.0. The van der Waals surface area contributed by atoms with Crippen LogP contribution in [-0.2, 0) is 20.3 Å². The van der Waals surface area contributed by atoms with Gasteiger partial charge in [-0.1, -0.05) is 23.7 Å². The van der Waals surface area contributed by atoms with Gasteiger partial charge >= 0.3 is 7.12 Å². The molecule has 1 heterocycles. The zero-order chi connectivity index (χ0) is 16.7. The van der Waals surface area contributed by atoms with Crippen LogP contribution in [0.5, 0.6) is 0 Å². The van der Waals surface area contributed by atoms with Crippen molar-refractivity contribution in [3.8, 4) is 0 Å². The molecule has 2 rings (SSSR count). The molecule has 1 aromatic rings. The fourth-order valence-electron chi connectivity index (χ4n) is 2.32. The third-order valence-corrected chi connectivity index (χ3v) is 5.78. The first kappa shape index (κ1) is 18.0. The van der Waals surface area contributed by atoms with Crippen molar-refractivity contribution >= 4 is 33.2 Å². The lowest BCUT2D eigenvalue weighted by atomic mass is 9.76. The van der Waals surface area contributed by atoms with E-state index in [0.717, 1.165) is 21.6 Å².